The quantitative estimate of drug-likeness (QED) is 0.799. The number of carbonyl (C=O) groups excluding carboxylic acids is 3. The Morgan fingerprint density at radius 1 is 1.23 bits per heavy atom. The number of aryl methyl sites for hydroxylation is 1. The largest absolute Gasteiger partial charge is 0.467 e. The summed E-state index contributed by atoms with van der Waals surface area (Å²) in [5, 5.41) is 5.77. The van der Waals surface area contributed by atoms with Gasteiger partial charge in [-0.15, -0.1) is 0 Å². The van der Waals surface area contributed by atoms with Gasteiger partial charge in [0.05, 0.1) is 12.1 Å². The normalized spacial score (nSPS) is 20.8. The number of nitrogens with zero attached hydrogens (tertiary/aromatic N) is 2. The molecule has 8 nitrogen and oxygen atoms in total. The van der Waals surface area contributed by atoms with Crippen molar-refractivity contribution in [2.75, 3.05) is 13.1 Å². The topological polar surface area (TPSA) is 101 Å². The van der Waals surface area contributed by atoms with Crippen molar-refractivity contribution in [1.82, 2.24) is 20.5 Å². The van der Waals surface area contributed by atoms with Crippen molar-refractivity contribution in [3.63, 3.8) is 0 Å². The van der Waals surface area contributed by atoms with Gasteiger partial charge in [-0.05, 0) is 36.8 Å². The number of aromatic nitrogens is 1. The molecule has 30 heavy (non-hydrogen) atoms. The summed E-state index contributed by atoms with van der Waals surface area (Å²) in [6.07, 6.45) is 4.29. The molecule has 0 aliphatic carbocycles. The Hall–Kier alpha value is -3.42. The highest BCUT2D eigenvalue weighted by Crippen LogP contribution is 2.34. The first kappa shape index (κ1) is 19.9. The number of likely N-dealkylation sites (tertiary alicyclic amines) is 1. The van der Waals surface area contributed by atoms with Gasteiger partial charge in [-0.2, -0.15) is 0 Å². The van der Waals surface area contributed by atoms with Gasteiger partial charge in [0.1, 0.15) is 5.75 Å². The van der Waals surface area contributed by atoms with Crippen LogP contribution in [0.4, 0.5) is 0 Å². The van der Waals surface area contributed by atoms with Gasteiger partial charge < -0.3 is 20.3 Å². The van der Waals surface area contributed by atoms with Gasteiger partial charge in [-0.25, -0.2) is 0 Å². The zero-order valence-electron chi connectivity index (χ0n) is 16.8. The molecular formula is C22H24N4O4. The monoisotopic (exact) mass is 408 g/mol. The summed E-state index contributed by atoms with van der Waals surface area (Å²) in [6, 6.07) is 9.13. The fourth-order valence-electron chi connectivity index (χ4n) is 3.78. The van der Waals surface area contributed by atoms with Crippen molar-refractivity contribution >= 4 is 17.7 Å². The first-order valence-corrected chi connectivity index (χ1v) is 10.00. The number of fused-ring (bicyclic) bond motifs is 1. The molecule has 2 aromatic rings. The first-order chi connectivity index (χ1) is 14.4. The number of benzene rings is 1. The van der Waals surface area contributed by atoms with E-state index in [4.69, 9.17) is 4.74 Å². The van der Waals surface area contributed by atoms with Crippen molar-refractivity contribution in [3.8, 4) is 5.75 Å². The van der Waals surface area contributed by atoms with Crippen LogP contribution in [0.1, 0.15) is 40.7 Å². The summed E-state index contributed by atoms with van der Waals surface area (Å²) >= 11 is 0. The molecule has 3 heterocycles. The van der Waals surface area contributed by atoms with Gasteiger partial charge in [0.25, 0.3) is 5.91 Å². The number of hydrogen-bond acceptors (Lipinski definition) is 5. The van der Waals surface area contributed by atoms with E-state index < -0.39 is 5.72 Å². The van der Waals surface area contributed by atoms with Gasteiger partial charge in [0.15, 0.2) is 5.72 Å². The van der Waals surface area contributed by atoms with Crippen LogP contribution in [0.2, 0.25) is 0 Å². The van der Waals surface area contributed by atoms with E-state index in [1.165, 1.54) is 4.90 Å². The van der Waals surface area contributed by atoms with E-state index >= 15 is 0 Å². The van der Waals surface area contributed by atoms with Gasteiger partial charge in [-0.1, -0.05) is 11.6 Å². The lowest BCUT2D eigenvalue weighted by Gasteiger charge is -2.38. The highest BCUT2D eigenvalue weighted by atomic mass is 16.5. The number of carbonyl (C=O) groups is 3. The van der Waals surface area contributed by atoms with Crippen molar-refractivity contribution in [2.45, 2.75) is 38.5 Å². The van der Waals surface area contributed by atoms with Crippen molar-refractivity contribution in [2.24, 2.45) is 0 Å². The SMILES string of the molecule is Cc1ccc2c(c1)C(=O)NC1(CCC(=O)N(CC(=O)NCc3ccncc3)CC1)O2. The highest BCUT2D eigenvalue weighted by Gasteiger charge is 2.42. The Labute approximate surface area is 174 Å². The summed E-state index contributed by atoms with van der Waals surface area (Å²) in [5.41, 5.74) is 1.48. The molecule has 1 aromatic heterocycles. The standard InChI is InChI=1S/C22H24N4O4/c1-15-2-3-18-17(12-15)21(29)25-22(30-18)7-4-20(28)26(11-8-22)14-19(27)24-13-16-5-9-23-10-6-16/h2-3,5-6,9-10,12H,4,7-8,11,13-14H2,1H3,(H,24,27)(H,25,29). The zero-order chi connectivity index (χ0) is 21.1. The van der Waals surface area contributed by atoms with Crippen LogP contribution in [0.3, 0.4) is 0 Å². The summed E-state index contributed by atoms with van der Waals surface area (Å²) in [7, 11) is 0. The molecule has 4 rings (SSSR count). The molecule has 1 fully saturated rings. The van der Waals surface area contributed by atoms with E-state index in [1.54, 1.807) is 24.5 Å². The fraction of sp³-hybridized carbons (Fsp3) is 0.364. The number of ether oxygens (including phenoxy) is 1. The first-order valence-electron chi connectivity index (χ1n) is 10.00. The van der Waals surface area contributed by atoms with Gasteiger partial charge >= 0.3 is 0 Å². The fourth-order valence-corrected chi connectivity index (χ4v) is 3.78. The molecule has 0 radical (unpaired) electrons. The summed E-state index contributed by atoms with van der Waals surface area (Å²) in [5.74, 6) is -0.0275. The van der Waals surface area contributed by atoms with Crippen LogP contribution >= 0.6 is 0 Å². The molecular weight excluding hydrogens is 384 g/mol. The third-order valence-electron chi connectivity index (χ3n) is 5.48. The number of amides is 3. The summed E-state index contributed by atoms with van der Waals surface area (Å²) in [4.78, 5) is 43.0. The second kappa shape index (κ2) is 8.14. The van der Waals surface area contributed by atoms with Crippen molar-refractivity contribution < 1.29 is 19.1 Å². The van der Waals surface area contributed by atoms with Crippen molar-refractivity contribution in [3.05, 3.63) is 59.4 Å². The minimum absolute atomic E-state index is 0.0241. The van der Waals surface area contributed by atoms with Crippen LogP contribution in [0.5, 0.6) is 5.75 Å². The Morgan fingerprint density at radius 3 is 2.83 bits per heavy atom. The number of nitrogens with one attached hydrogen (secondary N) is 2. The van der Waals surface area contributed by atoms with Crippen LogP contribution in [-0.4, -0.2) is 46.4 Å². The lowest BCUT2D eigenvalue weighted by Crippen LogP contribution is -2.56. The molecule has 156 valence electrons. The third-order valence-corrected chi connectivity index (χ3v) is 5.48. The molecule has 0 bridgehead atoms. The van der Waals surface area contributed by atoms with E-state index in [0.717, 1.165) is 11.1 Å². The predicted molar refractivity (Wildman–Crippen MR) is 109 cm³/mol. The van der Waals surface area contributed by atoms with Crippen LogP contribution in [0, 0.1) is 6.92 Å². The zero-order valence-corrected chi connectivity index (χ0v) is 16.8. The molecule has 1 saturated heterocycles. The molecule has 2 aliphatic rings. The van der Waals surface area contributed by atoms with Gasteiger partial charge in [0, 0.05) is 44.7 Å². The Morgan fingerprint density at radius 2 is 2.03 bits per heavy atom. The highest BCUT2D eigenvalue weighted by molar-refractivity contribution is 5.98. The molecule has 1 unspecified atom stereocenters. The molecule has 1 spiro atoms. The number of hydrogen-bond donors (Lipinski definition) is 2. The maximum atomic E-state index is 12.6. The average Bonchev–Trinajstić information content (AvgIpc) is 2.88. The van der Waals surface area contributed by atoms with Gasteiger partial charge in [-0.3, -0.25) is 19.4 Å². The predicted octanol–water partition coefficient (Wildman–Crippen LogP) is 1.54. The lowest BCUT2D eigenvalue weighted by atomic mass is 9.99. The molecule has 0 saturated carbocycles. The van der Waals surface area contributed by atoms with E-state index in [-0.39, 0.29) is 30.7 Å². The average molecular weight is 408 g/mol. The second-order valence-electron chi connectivity index (χ2n) is 7.75. The molecule has 1 aromatic carbocycles. The number of rotatable bonds is 4. The minimum atomic E-state index is -0.933. The minimum Gasteiger partial charge on any atom is -0.467 e. The second-order valence-corrected chi connectivity index (χ2v) is 7.75. The molecule has 3 amide bonds. The van der Waals surface area contributed by atoms with E-state index in [1.807, 2.05) is 25.1 Å². The third kappa shape index (κ3) is 4.27. The van der Waals surface area contributed by atoms with Crippen LogP contribution < -0.4 is 15.4 Å². The summed E-state index contributed by atoms with van der Waals surface area (Å²) < 4.78 is 6.16. The molecule has 1 atom stereocenters. The molecule has 2 N–H and O–H groups in total. The molecule has 8 heteroatoms. The maximum absolute atomic E-state index is 12.6. The Balaban J connectivity index is 1.39. The number of pyridine rings is 1. The van der Waals surface area contributed by atoms with Gasteiger partial charge in [0.2, 0.25) is 11.8 Å². The van der Waals surface area contributed by atoms with E-state index in [2.05, 4.69) is 15.6 Å². The van der Waals surface area contributed by atoms with Crippen molar-refractivity contribution in [1.29, 1.82) is 0 Å². The smallest absolute Gasteiger partial charge is 0.258 e. The Kier molecular flexibility index (Phi) is 5.39. The molecule has 2 aliphatic heterocycles. The lowest BCUT2D eigenvalue weighted by molar-refractivity contribution is -0.135. The van der Waals surface area contributed by atoms with E-state index in [9.17, 15) is 14.4 Å². The summed E-state index contributed by atoms with van der Waals surface area (Å²) in [6.45, 7) is 2.59. The Bertz CT molecular complexity index is 978. The van der Waals surface area contributed by atoms with E-state index in [0.29, 0.717) is 37.2 Å². The maximum Gasteiger partial charge on any atom is 0.258 e. The van der Waals surface area contributed by atoms with Crippen LogP contribution in [0.15, 0.2) is 42.7 Å². The van der Waals surface area contributed by atoms with Crippen LogP contribution in [-0.2, 0) is 16.1 Å². The van der Waals surface area contributed by atoms with Crippen LogP contribution in [0.25, 0.3) is 0 Å².